The first-order valence-electron chi connectivity index (χ1n) is 5.39. The van der Waals surface area contributed by atoms with Crippen LogP contribution in [0.5, 0.6) is 0 Å². The van der Waals surface area contributed by atoms with Gasteiger partial charge in [-0.05, 0) is 18.2 Å². The van der Waals surface area contributed by atoms with Crippen LogP contribution in [0, 0.1) is 0 Å². The van der Waals surface area contributed by atoms with Crippen molar-refractivity contribution in [2.45, 2.75) is 0 Å². The molecule has 0 amide bonds. The largest absolute Gasteiger partial charge is 0.326 e. The first-order valence-corrected chi connectivity index (χ1v) is 5.39. The maximum absolute atomic E-state index is 5.86. The molecule has 3 aromatic rings. The van der Waals surface area contributed by atoms with Gasteiger partial charge < -0.3 is 10.3 Å². The summed E-state index contributed by atoms with van der Waals surface area (Å²) in [4.78, 5) is 7.62. The summed E-state index contributed by atoms with van der Waals surface area (Å²) in [5.41, 5.74) is 3.49. The summed E-state index contributed by atoms with van der Waals surface area (Å²) in [6, 6.07) is 15.5. The number of aromatic nitrogens is 2. The summed E-state index contributed by atoms with van der Waals surface area (Å²) in [6.45, 7) is 0. The zero-order valence-corrected chi connectivity index (χ0v) is 9.14. The van der Waals surface area contributed by atoms with E-state index >= 15 is 0 Å². The summed E-state index contributed by atoms with van der Waals surface area (Å²) < 4.78 is 0. The van der Waals surface area contributed by atoms with Crippen molar-refractivity contribution in [3.63, 3.8) is 0 Å². The number of nitrogens with one attached hydrogen (secondary N) is 2. The van der Waals surface area contributed by atoms with Gasteiger partial charge in [0.05, 0.1) is 11.0 Å². The first-order chi connectivity index (χ1) is 8.33. The molecule has 0 atom stereocenters. The van der Waals surface area contributed by atoms with E-state index in [0.717, 1.165) is 16.7 Å². The second-order valence-corrected chi connectivity index (χ2v) is 3.81. The Hall–Kier alpha value is -2.23. The fraction of sp³-hybridized carbons (Fsp3) is 0. The molecule has 80 valence electrons. The number of imidazole rings is 1. The number of rotatable bonds is 2. The normalized spacial score (nSPS) is 10.6. The lowest BCUT2D eigenvalue weighted by molar-refractivity contribution is 1.31. The maximum atomic E-state index is 5.86. The second-order valence-electron chi connectivity index (χ2n) is 3.81. The number of nitrogens with zero attached hydrogens (tertiary/aromatic N) is 1. The van der Waals surface area contributed by atoms with Crippen molar-refractivity contribution >= 4 is 36.0 Å². The number of hydrogen-bond donors (Lipinski definition) is 2. The summed E-state index contributed by atoms with van der Waals surface area (Å²) in [5.74, 6) is 0.698. The highest BCUT2D eigenvalue weighted by atomic mass is 15.1. The summed E-state index contributed by atoms with van der Waals surface area (Å²) >= 11 is 0. The van der Waals surface area contributed by atoms with E-state index in [2.05, 4.69) is 15.3 Å². The first kappa shape index (κ1) is 9.96. The van der Waals surface area contributed by atoms with Crippen LogP contribution in [0.1, 0.15) is 0 Å². The van der Waals surface area contributed by atoms with Gasteiger partial charge in [0.15, 0.2) is 0 Å². The molecule has 1 heterocycles. The Balaban J connectivity index is 1.98. The standard InChI is InChI=1S/C13H10BN3/c14-9-5-1-2-6-10(9)15-13-16-11-7-3-4-8-12(11)17-13/h1-8H,(H2,15,16,17). The number of anilines is 2. The molecule has 1 aromatic heterocycles. The van der Waals surface area contributed by atoms with E-state index in [4.69, 9.17) is 7.85 Å². The van der Waals surface area contributed by atoms with Gasteiger partial charge in [-0.2, -0.15) is 0 Å². The van der Waals surface area contributed by atoms with Gasteiger partial charge in [0, 0.05) is 5.69 Å². The maximum Gasteiger partial charge on any atom is 0.205 e. The Morgan fingerprint density at radius 3 is 2.59 bits per heavy atom. The van der Waals surface area contributed by atoms with Crippen LogP contribution in [0.3, 0.4) is 0 Å². The molecule has 2 N–H and O–H groups in total. The molecule has 2 radical (unpaired) electrons. The zero-order valence-electron chi connectivity index (χ0n) is 9.14. The van der Waals surface area contributed by atoms with Crippen LogP contribution in [-0.4, -0.2) is 17.8 Å². The van der Waals surface area contributed by atoms with Gasteiger partial charge >= 0.3 is 0 Å². The third-order valence-corrected chi connectivity index (χ3v) is 2.60. The third kappa shape index (κ3) is 1.89. The number of benzene rings is 2. The van der Waals surface area contributed by atoms with Gasteiger partial charge in [-0.1, -0.05) is 35.8 Å². The predicted molar refractivity (Wildman–Crippen MR) is 71.2 cm³/mol. The van der Waals surface area contributed by atoms with Crippen LogP contribution < -0.4 is 10.8 Å². The lowest BCUT2D eigenvalue weighted by Crippen LogP contribution is -2.09. The Morgan fingerprint density at radius 1 is 1.00 bits per heavy atom. The number of aromatic amines is 1. The lowest BCUT2D eigenvalue weighted by atomic mass is 9.94. The lowest BCUT2D eigenvalue weighted by Gasteiger charge is -2.05. The number of para-hydroxylation sites is 3. The molecular weight excluding hydrogens is 209 g/mol. The van der Waals surface area contributed by atoms with Crippen LogP contribution in [0.15, 0.2) is 48.5 Å². The highest BCUT2D eigenvalue weighted by molar-refractivity contribution is 6.35. The molecule has 4 heteroatoms. The molecular formula is C13H10BN3. The number of hydrogen-bond acceptors (Lipinski definition) is 2. The molecule has 0 aliphatic heterocycles. The number of fused-ring (bicyclic) bond motifs is 1. The van der Waals surface area contributed by atoms with Crippen LogP contribution in [-0.2, 0) is 0 Å². The summed E-state index contributed by atoms with van der Waals surface area (Å²) in [7, 11) is 5.86. The van der Waals surface area contributed by atoms with Crippen molar-refractivity contribution in [3.8, 4) is 0 Å². The van der Waals surface area contributed by atoms with Crippen molar-refractivity contribution in [2.24, 2.45) is 0 Å². The van der Waals surface area contributed by atoms with Gasteiger partial charge in [0.1, 0.15) is 7.85 Å². The van der Waals surface area contributed by atoms with Gasteiger partial charge in [0.2, 0.25) is 5.95 Å². The van der Waals surface area contributed by atoms with E-state index < -0.39 is 0 Å². The topological polar surface area (TPSA) is 40.7 Å². The third-order valence-electron chi connectivity index (χ3n) is 2.60. The molecule has 0 saturated carbocycles. The fourth-order valence-corrected chi connectivity index (χ4v) is 1.75. The van der Waals surface area contributed by atoms with E-state index in [-0.39, 0.29) is 0 Å². The van der Waals surface area contributed by atoms with Gasteiger partial charge in [-0.15, -0.1) is 0 Å². The van der Waals surface area contributed by atoms with Gasteiger partial charge in [0.25, 0.3) is 0 Å². The minimum atomic E-state index is 0.698. The number of H-pyrrole nitrogens is 1. The van der Waals surface area contributed by atoms with Crippen molar-refractivity contribution in [1.82, 2.24) is 9.97 Å². The van der Waals surface area contributed by atoms with E-state index in [1.54, 1.807) is 0 Å². The summed E-state index contributed by atoms with van der Waals surface area (Å²) in [6.07, 6.45) is 0. The highest BCUT2D eigenvalue weighted by Gasteiger charge is 2.02. The molecule has 0 fully saturated rings. The molecule has 0 saturated heterocycles. The minimum absolute atomic E-state index is 0.698. The van der Waals surface area contributed by atoms with E-state index in [1.807, 2.05) is 48.5 Å². The van der Waals surface area contributed by atoms with Gasteiger partial charge in [-0.3, -0.25) is 0 Å². The average molecular weight is 219 g/mol. The molecule has 0 bridgehead atoms. The Kier molecular flexibility index (Phi) is 2.33. The zero-order chi connectivity index (χ0) is 11.7. The second kappa shape index (κ2) is 3.98. The molecule has 2 aromatic carbocycles. The van der Waals surface area contributed by atoms with E-state index in [0.29, 0.717) is 11.4 Å². The Bertz CT molecular complexity index is 627. The van der Waals surface area contributed by atoms with E-state index in [9.17, 15) is 0 Å². The average Bonchev–Trinajstić information content (AvgIpc) is 2.74. The SMILES string of the molecule is [B]c1ccccc1Nc1nc2ccccc2[nH]1. The van der Waals surface area contributed by atoms with E-state index in [1.165, 1.54) is 0 Å². The molecule has 3 nitrogen and oxygen atoms in total. The smallest absolute Gasteiger partial charge is 0.205 e. The minimum Gasteiger partial charge on any atom is -0.326 e. The molecule has 0 unspecified atom stereocenters. The Labute approximate surface area is 100 Å². The van der Waals surface area contributed by atoms with Crippen molar-refractivity contribution in [3.05, 3.63) is 48.5 Å². The molecule has 0 spiro atoms. The van der Waals surface area contributed by atoms with Crippen LogP contribution >= 0.6 is 0 Å². The highest BCUT2D eigenvalue weighted by Crippen LogP contribution is 2.16. The molecule has 0 aliphatic carbocycles. The molecule has 3 rings (SSSR count). The quantitative estimate of drug-likeness (QED) is 0.648. The van der Waals surface area contributed by atoms with Crippen LogP contribution in [0.4, 0.5) is 11.6 Å². The molecule has 0 aliphatic rings. The van der Waals surface area contributed by atoms with Crippen molar-refractivity contribution < 1.29 is 0 Å². The fourth-order valence-electron chi connectivity index (χ4n) is 1.75. The van der Waals surface area contributed by atoms with Crippen LogP contribution in [0.2, 0.25) is 0 Å². The van der Waals surface area contributed by atoms with Crippen molar-refractivity contribution in [2.75, 3.05) is 5.32 Å². The van der Waals surface area contributed by atoms with Crippen molar-refractivity contribution in [1.29, 1.82) is 0 Å². The Morgan fingerprint density at radius 2 is 1.76 bits per heavy atom. The van der Waals surface area contributed by atoms with Gasteiger partial charge in [-0.25, -0.2) is 4.98 Å². The molecule has 17 heavy (non-hydrogen) atoms. The monoisotopic (exact) mass is 219 g/mol. The predicted octanol–water partition coefficient (Wildman–Crippen LogP) is 2.10. The van der Waals surface area contributed by atoms with Crippen LogP contribution in [0.25, 0.3) is 11.0 Å². The summed E-state index contributed by atoms with van der Waals surface area (Å²) in [5, 5.41) is 3.17.